The lowest BCUT2D eigenvalue weighted by Gasteiger charge is -2.15. The maximum Gasteiger partial charge on any atom is 0.255 e. The predicted molar refractivity (Wildman–Crippen MR) is 93.2 cm³/mol. The van der Waals surface area contributed by atoms with Crippen molar-refractivity contribution in [1.29, 1.82) is 0 Å². The summed E-state index contributed by atoms with van der Waals surface area (Å²) in [5.74, 6) is -0.270. The topological polar surface area (TPSA) is 102 Å². The second kappa shape index (κ2) is 7.90. The van der Waals surface area contributed by atoms with Gasteiger partial charge in [-0.3, -0.25) is 10.1 Å². The van der Waals surface area contributed by atoms with Crippen molar-refractivity contribution in [3.05, 3.63) is 47.2 Å². The average molecular weight is 358 g/mol. The van der Waals surface area contributed by atoms with Crippen LogP contribution in [0.5, 0.6) is 0 Å². The Hall–Kier alpha value is -2.72. The Labute approximate surface area is 148 Å². The van der Waals surface area contributed by atoms with Gasteiger partial charge in [0.2, 0.25) is 5.13 Å². The van der Waals surface area contributed by atoms with Crippen molar-refractivity contribution in [2.45, 2.75) is 12.5 Å². The largest absolute Gasteiger partial charge is 0.309 e. The van der Waals surface area contributed by atoms with Gasteiger partial charge < -0.3 is 4.90 Å². The number of nitrogens with one attached hydrogen (secondary N) is 1. The van der Waals surface area contributed by atoms with Gasteiger partial charge in [0.25, 0.3) is 5.91 Å². The number of hydrogen-bond acceptors (Lipinski definition) is 8. The summed E-state index contributed by atoms with van der Waals surface area (Å²) < 4.78 is 1.42. The van der Waals surface area contributed by atoms with Gasteiger partial charge in [-0.25, -0.2) is 4.68 Å². The molecule has 1 N–H and O–H groups in total. The summed E-state index contributed by atoms with van der Waals surface area (Å²) in [7, 11) is 4.00. The van der Waals surface area contributed by atoms with E-state index in [9.17, 15) is 4.79 Å². The third kappa shape index (κ3) is 4.43. The number of hydrogen-bond donors (Lipinski definition) is 1. The summed E-state index contributed by atoms with van der Waals surface area (Å²) in [4.78, 5) is 14.9. The van der Waals surface area contributed by atoms with E-state index in [1.165, 1.54) is 22.3 Å². The van der Waals surface area contributed by atoms with E-state index in [4.69, 9.17) is 0 Å². The Morgan fingerprint density at radius 1 is 1.28 bits per heavy atom. The van der Waals surface area contributed by atoms with Gasteiger partial charge in [-0.1, -0.05) is 41.7 Å². The minimum absolute atomic E-state index is 0.270. The highest BCUT2D eigenvalue weighted by Crippen LogP contribution is 2.21. The standard InChI is InChI=1S/C15H18N8OS/c1-22(2)9-8-12-18-19-15(25-12)17-14(24)13(23-10-16-20-21-23)11-6-4-3-5-7-11/h3-7,10,13H,8-9H2,1-2H3,(H,17,19,24). The molecule has 0 saturated heterocycles. The van der Waals surface area contributed by atoms with Crippen LogP contribution in [0.4, 0.5) is 5.13 Å². The fourth-order valence-electron chi connectivity index (χ4n) is 2.24. The quantitative estimate of drug-likeness (QED) is 0.668. The number of anilines is 1. The molecule has 2 aromatic heterocycles. The summed E-state index contributed by atoms with van der Waals surface area (Å²) in [6.45, 7) is 0.875. The van der Waals surface area contributed by atoms with E-state index in [0.717, 1.165) is 23.5 Å². The van der Waals surface area contributed by atoms with E-state index in [1.54, 1.807) is 0 Å². The summed E-state index contributed by atoms with van der Waals surface area (Å²) in [5.41, 5.74) is 0.782. The number of nitrogens with zero attached hydrogens (tertiary/aromatic N) is 7. The Balaban J connectivity index is 1.75. The first kappa shape index (κ1) is 17.1. The van der Waals surface area contributed by atoms with Crippen LogP contribution in [0.3, 0.4) is 0 Å². The highest BCUT2D eigenvalue weighted by Gasteiger charge is 2.25. The highest BCUT2D eigenvalue weighted by atomic mass is 32.1. The molecule has 0 fully saturated rings. The molecule has 0 aliphatic carbocycles. The number of rotatable bonds is 7. The smallest absolute Gasteiger partial charge is 0.255 e. The van der Waals surface area contributed by atoms with Crippen LogP contribution in [0, 0.1) is 0 Å². The van der Waals surface area contributed by atoms with Crippen molar-refractivity contribution in [3.63, 3.8) is 0 Å². The summed E-state index contributed by atoms with van der Waals surface area (Å²) in [6.07, 6.45) is 2.20. The van der Waals surface area contributed by atoms with Crippen LogP contribution in [-0.4, -0.2) is 61.9 Å². The van der Waals surface area contributed by atoms with Gasteiger partial charge in [0.15, 0.2) is 6.04 Å². The van der Waals surface area contributed by atoms with Crippen molar-refractivity contribution in [3.8, 4) is 0 Å². The molecule has 25 heavy (non-hydrogen) atoms. The third-order valence-electron chi connectivity index (χ3n) is 3.46. The van der Waals surface area contributed by atoms with Crippen LogP contribution in [0.15, 0.2) is 36.7 Å². The maximum atomic E-state index is 12.8. The van der Waals surface area contributed by atoms with E-state index in [2.05, 4.69) is 35.9 Å². The van der Waals surface area contributed by atoms with Gasteiger partial charge in [-0.15, -0.1) is 15.3 Å². The molecule has 1 aromatic carbocycles. The zero-order valence-corrected chi connectivity index (χ0v) is 14.7. The minimum atomic E-state index is -0.676. The Bertz CT molecular complexity index is 802. The number of benzene rings is 1. The van der Waals surface area contributed by atoms with Crippen LogP contribution in [-0.2, 0) is 11.2 Å². The second-order valence-corrected chi connectivity index (χ2v) is 6.71. The zero-order chi connectivity index (χ0) is 17.6. The molecule has 130 valence electrons. The van der Waals surface area contributed by atoms with Gasteiger partial charge in [0.1, 0.15) is 11.3 Å². The molecule has 0 bridgehead atoms. The number of aromatic nitrogens is 6. The monoisotopic (exact) mass is 358 g/mol. The van der Waals surface area contributed by atoms with Crippen molar-refractivity contribution >= 4 is 22.4 Å². The molecular weight excluding hydrogens is 340 g/mol. The van der Waals surface area contributed by atoms with E-state index < -0.39 is 6.04 Å². The predicted octanol–water partition coefficient (Wildman–Crippen LogP) is 0.857. The fourth-order valence-corrected chi connectivity index (χ4v) is 2.98. The number of tetrazole rings is 1. The molecule has 0 spiro atoms. The molecule has 0 aliphatic rings. The van der Waals surface area contributed by atoms with Crippen molar-refractivity contribution in [2.75, 3.05) is 26.0 Å². The molecule has 3 rings (SSSR count). The number of likely N-dealkylation sites (N-methyl/N-ethyl adjacent to an activating group) is 1. The van der Waals surface area contributed by atoms with Crippen molar-refractivity contribution in [1.82, 2.24) is 35.3 Å². The lowest BCUT2D eigenvalue weighted by molar-refractivity contribution is -0.118. The molecule has 2 heterocycles. The summed E-state index contributed by atoms with van der Waals surface area (Å²) in [6, 6.07) is 8.66. The first-order valence-corrected chi connectivity index (χ1v) is 8.50. The van der Waals surface area contributed by atoms with Gasteiger partial charge in [0, 0.05) is 13.0 Å². The molecule has 0 aliphatic heterocycles. The van der Waals surface area contributed by atoms with E-state index in [0.29, 0.717) is 5.13 Å². The van der Waals surface area contributed by atoms with Gasteiger partial charge in [-0.05, 0) is 30.1 Å². The molecule has 1 amide bonds. The highest BCUT2D eigenvalue weighted by molar-refractivity contribution is 7.15. The number of carbonyl (C=O) groups is 1. The van der Waals surface area contributed by atoms with Crippen LogP contribution < -0.4 is 5.32 Å². The normalized spacial score (nSPS) is 12.3. The lowest BCUT2D eigenvalue weighted by atomic mass is 10.1. The Kier molecular flexibility index (Phi) is 5.41. The summed E-state index contributed by atoms with van der Waals surface area (Å²) in [5, 5.41) is 23.4. The van der Waals surface area contributed by atoms with Gasteiger partial charge in [-0.2, -0.15) is 0 Å². The summed E-state index contributed by atoms with van der Waals surface area (Å²) >= 11 is 1.37. The molecule has 3 aromatic rings. The molecule has 9 nitrogen and oxygen atoms in total. The van der Waals surface area contributed by atoms with Crippen LogP contribution in [0.2, 0.25) is 0 Å². The van der Waals surface area contributed by atoms with Crippen LogP contribution >= 0.6 is 11.3 Å². The number of amides is 1. The molecule has 10 heteroatoms. The molecule has 0 radical (unpaired) electrons. The molecule has 0 saturated carbocycles. The fraction of sp³-hybridized carbons (Fsp3) is 0.333. The van der Waals surface area contributed by atoms with Gasteiger partial charge >= 0.3 is 0 Å². The number of carbonyl (C=O) groups excluding carboxylic acids is 1. The first-order chi connectivity index (χ1) is 12.1. The second-order valence-electron chi connectivity index (χ2n) is 5.65. The first-order valence-electron chi connectivity index (χ1n) is 7.69. The molecule has 1 unspecified atom stereocenters. The Morgan fingerprint density at radius 2 is 2.08 bits per heavy atom. The maximum absolute atomic E-state index is 12.8. The minimum Gasteiger partial charge on any atom is -0.309 e. The SMILES string of the molecule is CN(C)CCc1nnc(NC(=O)C(c2ccccc2)n2cnnn2)s1. The lowest BCUT2D eigenvalue weighted by Crippen LogP contribution is -2.27. The molecular formula is C15H18N8OS. The van der Waals surface area contributed by atoms with Crippen molar-refractivity contribution in [2.24, 2.45) is 0 Å². The Morgan fingerprint density at radius 3 is 2.76 bits per heavy atom. The van der Waals surface area contributed by atoms with Crippen LogP contribution in [0.25, 0.3) is 0 Å². The van der Waals surface area contributed by atoms with E-state index in [-0.39, 0.29) is 5.91 Å². The molecule has 1 atom stereocenters. The van der Waals surface area contributed by atoms with E-state index in [1.807, 2.05) is 44.4 Å². The third-order valence-corrected chi connectivity index (χ3v) is 4.36. The average Bonchev–Trinajstić information content (AvgIpc) is 3.26. The van der Waals surface area contributed by atoms with E-state index >= 15 is 0 Å². The van der Waals surface area contributed by atoms with Crippen molar-refractivity contribution < 1.29 is 4.79 Å². The zero-order valence-electron chi connectivity index (χ0n) is 13.9. The van der Waals surface area contributed by atoms with Gasteiger partial charge in [0.05, 0.1) is 0 Å². The van der Waals surface area contributed by atoms with Crippen LogP contribution in [0.1, 0.15) is 16.6 Å².